The van der Waals surface area contributed by atoms with Crippen molar-refractivity contribution in [2.24, 2.45) is 11.8 Å². The van der Waals surface area contributed by atoms with E-state index in [1.165, 1.54) is 12.4 Å². The second-order valence-corrected chi connectivity index (χ2v) is 4.35. The number of aliphatic hydroxyl groups is 1. The van der Waals surface area contributed by atoms with Gasteiger partial charge in [0.2, 0.25) is 0 Å². The van der Waals surface area contributed by atoms with Crippen LogP contribution in [0.4, 0.5) is 5.82 Å². The maximum Gasteiger partial charge on any atom is 0.274 e. The van der Waals surface area contributed by atoms with Crippen LogP contribution < -0.4 is 11.3 Å². The summed E-state index contributed by atoms with van der Waals surface area (Å²) in [6, 6.07) is 0. The van der Waals surface area contributed by atoms with Crippen molar-refractivity contribution in [3.05, 3.63) is 18.1 Å². The Morgan fingerprint density at radius 3 is 2.83 bits per heavy atom. The number of hydrazine groups is 1. The van der Waals surface area contributed by atoms with E-state index in [9.17, 15) is 4.79 Å². The molecule has 0 spiro atoms. The van der Waals surface area contributed by atoms with Crippen molar-refractivity contribution >= 4 is 11.7 Å². The minimum absolute atomic E-state index is 0.143. The molecule has 1 fully saturated rings. The lowest BCUT2D eigenvalue weighted by Crippen LogP contribution is -2.39. The predicted molar refractivity (Wildman–Crippen MR) is 65.6 cm³/mol. The number of rotatable bonds is 3. The summed E-state index contributed by atoms with van der Waals surface area (Å²) in [5, 5.41) is 9.05. The van der Waals surface area contributed by atoms with E-state index >= 15 is 0 Å². The molecule has 1 saturated heterocycles. The van der Waals surface area contributed by atoms with Crippen molar-refractivity contribution in [1.29, 1.82) is 0 Å². The number of aromatic nitrogens is 2. The van der Waals surface area contributed by atoms with Gasteiger partial charge in [-0.1, -0.05) is 0 Å². The van der Waals surface area contributed by atoms with Crippen molar-refractivity contribution in [2.45, 2.75) is 12.8 Å². The van der Waals surface area contributed by atoms with Gasteiger partial charge in [0, 0.05) is 19.7 Å². The normalized spacial score (nSPS) is 16.7. The van der Waals surface area contributed by atoms with Gasteiger partial charge >= 0.3 is 0 Å². The Kier molecular flexibility index (Phi) is 4.06. The molecule has 0 saturated carbocycles. The fraction of sp³-hybridized carbons (Fsp3) is 0.545. The highest BCUT2D eigenvalue weighted by molar-refractivity contribution is 5.92. The molecular formula is C11H17N5O2. The molecule has 0 bridgehead atoms. The number of aliphatic hydroxyl groups excluding tert-OH is 1. The first-order valence-corrected chi connectivity index (χ1v) is 5.93. The van der Waals surface area contributed by atoms with E-state index in [4.69, 9.17) is 10.9 Å². The fourth-order valence-corrected chi connectivity index (χ4v) is 2.02. The molecule has 2 heterocycles. The maximum atomic E-state index is 12.2. The lowest BCUT2D eigenvalue weighted by Gasteiger charge is -2.30. The van der Waals surface area contributed by atoms with Gasteiger partial charge < -0.3 is 15.4 Å². The van der Waals surface area contributed by atoms with Crippen LogP contribution in [0.25, 0.3) is 0 Å². The van der Waals surface area contributed by atoms with Gasteiger partial charge in [-0.05, 0) is 18.8 Å². The van der Waals surface area contributed by atoms with E-state index < -0.39 is 0 Å². The summed E-state index contributed by atoms with van der Waals surface area (Å²) in [6.45, 7) is 1.48. The topological polar surface area (TPSA) is 104 Å². The summed E-state index contributed by atoms with van der Waals surface area (Å²) in [5.74, 6) is 5.76. The van der Waals surface area contributed by atoms with Crippen LogP contribution in [0, 0.1) is 5.92 Å². The standard InChI is InChI=1S/C11H17N5O2/c12-15-10-6-13-5-9(14-10)11(18)16-3-1-8(7-17)2-4-16/h5-6,8,17H,1-4,7,12H2,(H,14,15). The lowest BCUT2D eigenvalue weighted by molar-refractivity contribution is 0.0645. The molecule has 1 aliphatic rings. The minimum Gasteiger partial charge on any atom is -0.396 e. The van der Waals surface area contributed by atoms with E-state index in [0.29, 0.717) is 24.8 Å². The number of hydrogen-bond donors (Lipinski definition) is 3. The van der Waals surface area contributed by atoms with Gasteiger partial charge in [0.25, 0.3) is 5.91 Å². The molecule has 4 N–H and O–H groups in total. The Hall–Kier alpha value is -1.73. The number of nitrogens with one attached hydrogen (secondary N) is 1. The zero-order valence-electron chi connectivity index (χ0n) is 10.0. The number of anilines is 1. The van der Waals surface area contributed by atoms with E-state index in [1.807, 2.05) is 0 Å². The molecule has 18 heavy (non-hydrogen) atoms. The molecule has 1 aromatic heterocycles. The molecule has 0 unspecified atom stereocenters. The first kappa shape index (κ1) is 12.7. The van der Waals surface area contributed by atoms with Crippen LogP contribution in [-0.2, 0) is 0 Å². The van der Waals surface area contributed by atoms with Crippen molar-refractivity contribution in [1.82, 2.24) is 14.9 Å². The number of nitrogen functional groups attached to an aromatic ring is 1. The molecule has 7 nitrogen and oxygen atoms in total. The van der Waals surface area contributed by atoms with E-state index in [-0.39, 0.29) is 18.2 Å². The molecule has 0 radical (unpaired) electrons. The van der Waals surface area contributed by atoms with Crippen LogP contribution in [0.5, 0.6) is 0 Å². The van der Waals surface area contributed by atoms with Gasteiger partial charge in [-0.25, -0.2) is 10.8 Å². The third-order valence-electron chi connectivity index (χ3n) is 3.16. The third kappa shape index (κ3) is 2.74. The summed E-state index contributed by atoms with van der Waals surface area (Å²) >= 11 is 0. The number of nitrogens with two attached hydrogens (primary N) is 1. The number of carbonyl (C=O) groups is 1. The highest BCUT2D eigenvalue weighted by Crippen LogP contribution is 2.18. The number of carbonyl (C=O) groups excluding carboxylic acids is 1. The van der Waals surface area contributed by atoms with Crippen LogP contribution in [0.15, 0.2) is 12.4 Å². The molecule has 0 atom stereocenters. The van der Waals surface area contributed by atoms with Crippen molar-refractivity contribution < 1.29 is 9.90 Å². The molecule has 0 aromatic carbocycles. The van der Waals surface area contributed by atoms with E-state index in [2.05, 4.69) is 15.4 Å². The first-order valence-electron chi connectivity index (χ1n) is 5.93. The average molecular weight is 251 g/mol. The maximum absolute atomic E-state index is 12.2. The zero-order chi connectivity index (χ0) is 13.0. The molecule has 1 aromatic rings. The second kappa shape index (κ2) is 5.74. The summed E-state index contributed by atoms with van der Waals surface area (Å²) in [7, 11) is 0. The van der Waals surface area contributed by atoms with E-state index in [1.54, 1.807) is 4.90 Å². The SMILES string of the molecule is NNc1cncc(C(=O)N2CCC(CO)CC2)n1. The number of amides is 1. The van der Waals surface area contributed by atoms with E-state index in [0.717, 1.165) is 12.8 Å². The van der Waals surface area contributed by atoms with Crippen LogP contribution in [0.1, 0.15) is 23.3 Å². The smallest absolute Gasteiger partial charge is 0.274 e. The first-order chi connectivity index (χ1) is 8.74. The molecule has 0 aliphatic carbocycles. The Bertz CT molecular complexity index is 418. The van der Waals surface area contributed by atoms with Crippen molar-refractivity contribution in [2.75, 3.05) is 25.1 Å². The molecule has 1 amide bonds. The number of hydrogen-bond acceptors (Lipinski definition) is 6. The molecule has 1 aliphatic heterocycles. The van der Waals surface area contributed by atoms with Gasteiger partial charge in [0.15, 0.2) is 5.82 Å². The zero-order valence-corrected chi connectivity index (χ0v) is 10.0. The summed E-state index contributed by atoms with van der Waals surface area (Å²) in [6.07, 6.45) is 4.53. The molecule has 98 valence electrons. The number of likely N-dealkylation sites (tertiary alicyclic amines) is 1. The Morgan fingerprint density at radius 2 is 2.22 bits per heavy atom. The molecule has 7 heteroatoms. The summed E-state index contributed by atoms with van der Waals surface area (Å²) in [4.78, 5) is 21.9. The van der Waals surface area contributed by atoms with Crippen LogP contribution in [0.3, 0.4) is 0 Å². The molecule has 2 rings (SSSR count). The number of piperidine rings is 1. The van der Waals surface area contributed by atoms with Gasteiger partial charge in [-0.3, -0.25) is 9.78 Å². The largest absolute Gasteiger partial charge is 0.396 e. The average Bonchev–Trinajstić information content (AvgIpc) is 2.46. The van der Waals surface area contributed by atoms with Gasteiger partial charge in [-0.15, -0.1) is 0 Å². The Labute approximate surface area is 105 Å². The Morgan fingerprint density at radius 1 is 1.50 bits per heavy atom. The Balaban J connectivity index is 2.03. The van der Waals surface area contributed by atoms with Crippen LogP contribution in [-0.4, -0.2) is 45.6 Å². The van der Waals surface area contributed by atoms with Crippen molar-refractivity contribution in [3.63, 3.8) is 0 Å². The fourth-order valence-electron chi connectivity index (χ4n) is 2.02. The van der Waals surface area contributed by atoms with Crippen molar-refractivity contribution in [3.8, 4) is 0 Å². The van der Waals surface area contributed by atoms with Gasteiger partial charge in [-0.2, -0.15) is 0 Å². The predicted octanol–water partition coefficient (Wildman–Crippen LogP) is -0.393. The highest BCUT2D eigenvalue weighted by atomic mass is 16.3. The summed E-state index contributed by atoms with van der Waals surface area (Å²) in [5.41, 5.74) is 2.65. The van der Waals surface area contributed by atoms with Gasteiger partial charge in [0.1, 0.15) is 5.69 Å². The number of nitrogens with zero attached hydrogens (tertiary/aromatic N) is 3. The van der Waals surface area contributed by atoms with Gasteiger partial charge in [0.05, 0.1) is 12.4 Å². The minimum atomic E-state index is -0.143. The lowest BCUT2D eigenvalue weighted by atomic mass is 9.98. The monoisotopic (exact) mass is 251 g/mol. The highest BCUT2D eigenvalue weighted by Gasteiger charge is 2.24. The summed E-state index contributed by atoms with van der Waals surface area (Å²) < 4.78 is 0. The molecular weight excluding hydrogens is 234 g/mol. The van der Waals surface area contributed by atoms with Crippen LogP contribution >= 0.6 is 0 Å². The quantitative estimate of drug-likeness (QED) is 0.499. The third-order valence-corrected chi connectivity index (χ3v) is 3.16. The van der Waals surface area contributed by atoms with Crippen LogP contribution in [0.2, 0.25) is 0 Å². The second-order valence-electron chi connectivity index (χ2n) is 4.35.